The highest BCUT2D eigenvalue weighted by Crippen LogP contribution is 2.34. The molecule has 198 valence electrons. The number of nitrogens with zero attached hydrogens (tertiary/aromatic N) is 4. The number of carboxylic acid groups (broad SMARTS) is 1. The van der Waals surface area contributed by atoms with Gasteiger partial charge in [-0.2, -0.15) is 9.78 Å². The molecule has 1 N–H and O–H groups in total. The molecule has 0 aliphatic carbocycles. The third-order valence-corrected chi connectivity index (χ3v) is 6.67. The van der Waals surface area contributed by atoms with E-state index in [1.54, 1.807) is 50.9 Å². The van der Waals surface area contributed by atoms with Crippen LogP contribution in [-0.4, -0.2) is 57.1 Å². The highest BCUT2D eigenvalue weighted by atomic mass is 35.5. The number of imide groups is 1. The summed E-state index contributed by atoms with van der Waals surface area (Å²) in [5.74, 6) is -3.51. The van der Waals surface area contributed by atoms with E-state index in [1.165, 1.54) is 35.2 Å². The highest BCUT2D eigenvalue weighted by Gasteiger charge is 2.46. The molecule has 1 atom stereocenters. The number of halogens is 2. The van der Waals surface area contributed by atoms with Crippen molar-refractivity contribution in [2.24, 2.45) is 5.41 Å². The molecule has 3 aromatic rings. The molecular weight excluding hydrogens is 515 g/mol. The number of carbonyl (C=O) groups is 4. The number of rotatable bonds is 6. The van der Waals surface area contributed by atoms with Crippen molar-refractivity contribution >= 4 is 41.1 Å². The van der Waals surface area contributed by atoms with Gasteiger partial charge in [-0.05, 0) is 29.8 Å². The SMILES string of the molecule is CN(Cc1ccc(F)cc1)c1cc(C2CN(C(=O)C(C)(C)C)C2=O)nn1C(=O)c1cccc(C(=O)O)c1Cl. The molecule has 1 unspecified atom stereocenters. The highest BCUT2D eigenvalue weighted by molar-refractivity contribution is 6.36. The largest absolute Gasteiger partial charge is 0.478 e. The summed E-state index contributed by atoms with van der Waals surface area (Å²) in [6.45, 7) is 5.56. The van der Waals surface area contributed by atoms with Crippen LogP contribution in [0.4, 0.5) is 10.2 Å². The Kier molecular flexibility index (Phi) is 7.12. The van der Waals surface area contributed by atoms with E-state index < -0.39 is 29.1 Å². The Hall–Kier alpha value is -4.05. The number of aromatic carboxylic acids is 1. The molecule has 4 rings (SSSR count). The van der Waals surface area contributed by atoms with Gasteiger partial charge in [0.2, 0.25) is 11.8 Å². The van der Waals surface area contributed by atoms with Gasteiger partial charge in [0.25, 0.3) is 5.91 Å². The summed E-state index contributed by atoms with van der Waals surface area (Å²) in [6, 6.07) is 11.5. The summed E-state index contributed by atoms with van der Waals surface area (Å²) in [5, 5.41) is 13.6. The predicted molar refractivity (Wildman–Crippen MR) is 138 cm³/mol. The van der Waals surface area contributed by atoms with Crippen LogP contribution in [0.25, 0.3) is 0 Å². The molecule has 0 radical (unpaired) electrons. The normalized spacial score (nSPS) is 15.3. The lowest BCUT2D eigenvalue weighted by Gasteiger charge is -2.39. The molecule has 11 heteroatoms. The van der Waals surface area contributed by atoms with Crippen LogP contribution in [0.3, 0.4) is 0 Å². The van der Waals surface area contributed by atoms with Gasteiger partial charge in [0, 0.05) is 31.6 Å². The van der Waals surface area contributed by atoms with Gasteiger partial charge in [0.05, 0.1) is 21.8 Å². The van der Waals surface area contributed by atoms with E-state index in [-0.39, 0.29) is 46.7 Å². The maximum atomic E-state index is 13.6. The fraction of sp³-hybridized carbons (Fsp3) is 0.296. The summed E-state index contributed by atoms with van der Waals surface area (Å²) < 4.78 is 14.4. The number of anilines is 1. The number of hydrogen-bond donors (Lipinski definition) is 1. The molecule has 9 nitrogen and oxygen atoms in total. The van der Waals surface area contributed by atoms with Crippen molar-refractivity contribution < 1.29 is 28.7 Å². The van der Waals surface area contributed by atoms with Crippen LogP contribution in [0.5, 0.6) is 0 Å². The van der Waals surface area contributed by atoms with Crippen molar-refractivity contribution in [1.82, 2.24) is 14.7 Å². The molecular formula is C27H26ClFN4O5. The molecule has 0 bridgehead atoms. The van der Waals surface area contributed by atoms with Crippen LogP contribution < -0.4 is 4.90 Å². The van der Waals surface area contributed by atoms with E-state index in [9.17, 15) is 28.7 Å². The molecule has 1 aromatic heterocycles. The molecule has 0 saturated carbocycles. The second kappa shape index (κ2) is 10.0. The molecule has 2 heterocycles. The van der Waals surface area contributed by atoms with Crippen LogP contribution in [-0.2, 0) is 16.1 Å². The summed E-state index contributed by atoms with van der Waals surface area (Å²) in [7, 11) is 1.70. The number of amides is 2. The van der Waals surface area contributed by atoms with Crippen LogP contribution in [0.15, 0.2) is 48.5 Å². The molecule has 1 aliphatic rings. The summed E-state index contributed by atoms with van der Waals surface area (Å²) in [5.41, 5.74) is -0.0164. The second-order valence-corrected chi connectivity index (χ2v) is 10.5. The zero-order chi connectivity index (χ0) is 27.9. The number of carboxylic acids is 1. The number of carbonyl (C=O) groups excluding carboxylic acids is 3. The van der Waals surface area contributed by atoms with Gasteiger partial charge in [0.1, 0.15) is 17.6 Å². The maximum absolute atomic E-state index is 13.6. The third-order valence-electron chi connectivity index (χ3n) is 6.26. The van der Waals surface area contributed by atoms with Crippen molar-refractivity contribution in [1.29, 1.82) is 0 Å². The van der Waals surface area contributed by atoms with Crippen LogP contribution in [0, 0.1) is 11.2 Å². The Labute approximate surface area is 223 Å². The minimum atomic E-state index is -1.29. The van der Waals surface area contributed by atoms with Gasteiger partial charge in [-0.15, -0.1) is 0 Å². The fourth-order valence-corrected chi connectivity index (χ4v) is 4.42. The topological polar surface area (TPSA) is 113 Å². The first kappa shape index (κ1) is 27.0. The van der Waals surface area contributed by atoms with E-state index in [4.69, 9.17) is 11.6 Å². The van der Waals surface area contributed by atoms with Crippen molar-refractivity contribution in [2.45, 2.75) is 33.2 Å². The van der Waals surface area contributed by atoms with Gasteiger partial charge >= 0.3 is 5.97 Å². The standard InChI is InChI=1S/C27H26ClFN4O5/c1-27(2,3)26(38)32-14-19(23(32)34)20-12-21(31(4)13-15-8-10-16(29)11-9-15)33(30-20)24(35)17-6-5-7-18(22(17)28)25(36)37/h5-12,19H,13-14H2,1-4H3,(H,36,37). The lowest BCUT2D eigenvalue weighted by atomic mass is 9.88. The summed E-state index contributed by atoms with van der Waals surface area (Å²) >= 11 is 6.26. The zero-order valence-corrected chi connectivity index (χ0v) is 22.0. The number of β-lactam (4-membered cyclic amide) rings is 1. The first-order chi connectivity index (χ1) is 17.8. The van der Waals surface area contributed by atoms with Gasteiger partial charge < -0.3 is 10.0 Å². The Balaban J connectivity index is 1.72. The molecule has 2 aromatic carbocycles. The Bertz CT molecular complexity index is 1440. The van der Waals surface area contributed by atoms with E-state index in [0.717, 1.165) is 10.2 Å². The van der Waals surface area contributed by atoms with Crippen molar-refractivity contribution in [3.8, 4) is 0 Å². The van der Waals surface area contributed by atoms with E-state index in [2.05, 4.69) is 5.10 Å². The predicted octanol–water partition coefficient (Wildman–Crippen LogP) is 4.20. The second-order valence-electron chi connectivity index (χ2n) is 10.2. The number of aromatic nitrogens is 2. The van der Waals surface area contributed by atoms with Gasteiger partial charge in [-0.1, -0.05) is 50.6 Å². The summed E-state index contributed by atoms with van der Waals surface area (Å²) in [4.78, 5) is 53.5. The first-order valence-electron chi connectivity index (χ1n) is 11.8. The number of hydrogen-bond acceptors (Lipinski definition) is 6. The Morgan fingerprint density at radius 2 is 1.76 bits per heavy atom. The summed E-state index contributed by atoms with van der Waals surface area (Å²) in [6.07, 6.45) is 0. The van der Waals surface area contributed by atoms with Gasteiger partial charge in [0.15, 0.2) is 0 Å². The average molecular weight is 541 g/mol. The van der Waals surface area contributed by atoms with Crippen molar-refractivity contribution in [2.75, 3.05) is 18.5 Å². The molecule has 1 saturated heterocycles. The van der Waals surface area contributed by atoms with E-state index in [1.807, 2.05) is 0 Å². The van der Waals surface area contributed by atoms with Gasteiger partial charge in [-0.25, -0.2) is 9.18 Å². The number of benzene rings is 2. The van der Waals surface area contributed by atoms with Crippen LogP contribution in [0.2, 0.25) is 5.02 Å². The van der Waals surface area contributed by atoms with Gasteiger partial charge in [-0.3, -0.25) is 19.3 Å². The maximum Gasteiger partial charge on any atom is 0.337 e. The van der Waals surface area contributed by atoms with E-state index in [0.29, 0.717) is 5.82 Å². The molecule has 1 fully saturated rings. The third kappa shape index (κ3) is 5.04. The lowest BCUT2D eigenvalue weighted by molar-refractivity contribution is -0.159. The minimum absolute atomic E-state index is 0.0814. The van der Waals surface area contributed by atoms with Crippen molar-refractivity contribution in [3.05, 3.63) is 81.8 Å². The average Bonchev–Trinajstić information content (AvgIpc) is 3.28. The molecule has 2 amide bonds. The van der Waals surface area contributed by atoms with Crippen molar-refractivity contribution in [3.63, 3.8) is 0 Å². The lowest BCUT2D eigenvalue weighted by Crippen LogP contribution is -2.56. The van der Waals surface area contributed by atoms with Crippen LogP contribution >= 0.6 is 11.6 Å². The fourth-order valence-electron chi connectivity index (χ4n) is 4.14. The smallest absolute Gasteiger partial charge is 0.337 e. The van der Waals surface area contributed by atoms with E-state index >= 15 is 0 Å². The Morgan fingerprint density at radius 3 is 2.34 bits per heavy atom. The number of likely N-dealkylation sites (tertiary alicyclic amines) is 1. The Morgan fingerprint density at radius 1 is 1.13 bits per heavy atom. The quantitative estimate of drug-likeness (QED) is 0.466. The molecule has 1 aliphatic heterocycles. The first-order valence-corrected chi connectivity index (χ1v) is 12.1. The monoisotopic (exact) mass is 540 g/mol. The zero-order valence-electron chi connectivity index (χ0n) is 21.2. The van der Waals surface area contributed by atoms with Crippen LogP contribution in [0.1, 0.15) is 58.7 Å². The minimum Gasteiger partial charge on any atom is -0.478 e. The molecule has 0 spiro atoms. The molecule has 38 heavy (non-hydrogen) atoms.